The van der Waals surface area contributed by atoms with Gasteiger partial charge in [-0.3, -0.25) is 4.79 Å². The van der Waals surface area contributed by atoms with Crippen LogP contribution >= 0.6 is 0 Å². The molecule has 0 radical (unpaired) electrons. The van der Waals surface area contributed by atoms with Gasteiger partial charge in [-0.15, -0.1) is 0 Å². The van der Waals surface area contributed by atoms with E-state index >= 15 is 0 Å². The van der Waals surface area contributed by atoms with Crippen LogP contribution in [0.4, 0.5) is 4.79 Å². The Bertz CT molecular complexity index is 367. The molecule has 1 aliphatic heterocycles. The highest BCUT2D eigenvalue weighted by molar-refractivity contribution is 5.83. The van der Waals surface area contributed by atoms with Crippen LogP contribution < -0.4 is 10.6 Å². The molecule has 4 N–H and O–H groups in total. The largest absolute Gasteiger partial charge is 0.481 e. The van der Waals surface area contributed by atoms with Gasteiger partial charge in [-0.25, -0.2) is 9.59 Å². The van der Waals surface area contributed by atoms with Crippen LogP contribution in [0.3, 0.4) is 0 Å². The van der Waals surface area contributed by atoms with Gasteiger partial charge in [0.2, 0.25) is 0 Å². The van der Waals surface area contributed by atoms with E-state index in [4.69, 9.17) is 14.9 Å². The van der Waals surface area contributed by atoms with Crippen molar-refractivity contribution in [2.24, 2.45) is 5.92 Å². The number of hydrogen-bond donors (Lipinski definition) is 4. The van der Waals surface area contributed by atoms with Crippen LogP contribution in [0.5, 0.6) is 0 Å². The molecule has 3 atom stereocenters. The van der Waals surface area contributed by atoms with Gasteiger partial charge in [0.1, 0.15) is 6.04 Å². The number of hydrogen-bond acceptors (Lipinski definition) is 4. The third-order valence-corrected chi connectivity index (χ3v) is 3.28. The summed E-state index contributed by atoms with van der Waals surface area (Å²) in [4.78, 5) is 33.1. The van der Waals surface area contributed by atoms with Gasteiger partial charge < -0.3 is 25.6 Å². The molecular weight excluding hydrogens is 268 g/mol. The number of carbonyl (C=O) groups excluding carboxylic acids is 1. The first-order chi connectivity index (χ1) is 9.40. The van der Waals surface area contributed by atoms with E-state index in [1.165, 1.54) is 0 Å². The topological polar surface area (TPSA) is 125 Å². The maximum atomic E-state index is 11.7. The number of urea groups is 1. The zero-order valence-corrected chi connectivity index (χ0v) is 11.3. The Hall–Kier alpha value is -1.83. The number of aliphatic carboxylic acids is 2. The SMILES string of the molecule is CC(NC(=O)N[C@@H](CCC(=O)O)C(=O)O)C1CCOC1. The molecule has 8 heteroatoms. The first-order valence-electron chi connectivity index (χ1n) is 6.49. The first kappa shape index (κ1) is 16.2. The molecule has 0 aromatic rings. The van der Waals surface area contributed by atoms with Crippen molar-refractivity contribution in [1.82, 2.24) is 10.6 Å². The van der Waals surface area contributed by atoms with E-state index in [1.807, 2.05) is 6.92 Å². The van der Waals surface area contributed by atoms with E-state index < -0.39 is 24.0 Å². The van der Waals surface area contributed by atoms with Gasteiger partial charge in [-0.1, -0.05) is 0 Å². The normalized spacial score (nSPS) is 20.9. The van der Waals surface area contributed by atoms with Crippen LogP contribution in [0.15, 0.2) is 0 Å². The number of rotatable bonds is 7. The van der Waals surface area contributed by atoms with Crippen LogP contribution in [-0.2, 0) is 14.3 Å². The predicted octanol–water partition coefficient (Wildman–Crippen LogP) is 0.0286. The van der Waals surface area contributed by atoms with E-state index in [0.29, 0.717) is 13.2 Å². The number of carboxylic acid groups (broad SMARTS) is 2. The van der Waals surface area contributed by atoms with Crippen molar-refractivity contribution < 1.29 is 29.3 Å². The first-order valence-corrected chi connectivity index (χ1v) is 6.49. The minimum absolute atomic E-state index is 0.133. The molecule has 0 aliphatic carbocycles. The maximum Gasteiger partial charge on any atom is 0.326 e. The van der Waals surface area contributed by atoms with E-state index in [0.717, 1.165) is 6.42 Å². The lowest BCUT2D eigenvalue weighted by Crippen LogP contribution is -2.50. The molecule has 0 aromatic heterocycles. The fourth-order valence-electron chi connectivity index (χ4n) is 2.00. The molecule has 2 unspecified atom stereocenters. The fraction of sp³-hybridized carbons (Fsp3) is 0.750. The lowest BCUT2D eigenvalue weighted by atomic mass is 10.0. The van der Waals surface area contributed by atoms with E-state index in [1.54, 1.807) is 0 Å². The molecule has 1 saturated heterocycles. The molecule has 114 valence electrons. The summed E-state index contributed by atoms with van der Waals surface area (Å²) in [5.74, 6) is -2.14. The molecule has 0 aromatic carbocycles. The zero-order chi connectivity index (χ0) is 15.1. The van der Waals surface area contributed by atoms with Crippen molar-refractivity contribution in [2.75, 3.05) is 13.2 Å². The summed E-state index contributed by atoms with van der Waals surface area (Å²) in [7, 11) is 0. The number of nitrogens with one attached hydrogen (secondary N) is 2. The Morgan fingerprint density at radius 2 is 2.00 bits per heavy atom. The average molecular weight is 288 g/mol. The van der Waals surface area contributed by atoms with E-state index in [9.17, 15) is 14.4 Å². The highest BCUT2D eigenvalue weighted by atomic mass is 16.5. The van der Waals surface area contributed by atoms with Gasteiger partial charge in [0.05, 0.1) is 6.61 Å². The minimum Gasteiger partial charge on any atom is -0.481 e. The summed E-state index contributed by atoms with van der Waals surface area (Å²) in [6.07, 6.45) is 0.380. The molecule has 20 heavy (non-hydrogen) atoms. The van der Waals surface area contributed by atoms with Gasteiger partial charge in [-0.05, 0) is 19.8 Å². The maximum absolute atomic E-state index is 11.7. The van der Waals surface area contributed by atoms with Crippen molar-refractivity contribution in [1.29, 1.82) is 0 Å². The van der Waals surface area contributed by atoms with Crippen molar-refractivity contribution in [3.63, 3.8) is 0 Å². The second-order valence-corrected chi connectivity index (χ2v) is 4.85. The van der Waals surface area contributed by atoms with Gasteiger partial charge in [0.25, 0.3) is 0 Å². The summed E-state index contributed by atoms with van der Waals surface area (Å²) < 4.78 is 5.21. The van der Waals surface area contributed by atoms with E-state index in [-0.39, 0.29) is 24.8 Å². The second kappa shape index (κ2) is 7.68. The number of carbonyl (C=O) groups is 3. The highest BCUT2D eigenvalue weighted by Crippen LogP contribution is 2.16. The van der Waals surface area contributed by atoms with Crippen LogP contribution in [0, 0.1) is 5.92 Å². The molecular formula is C12H20N2O6. The van der Waals surface area contributed by atoms with Crippen LogP contribution in [0.25, 0.3) is 0 Å². The molecule has 8 nitrogen and oxygen atoms in total. The monoisotopic (exact) mass is 288 g/mol. The molecule has 1 fully saturated rings. The second-order valence-electron chi connectivity index (χ2n) is 4.85. The highest BCUT2D eigenvalue weighted by Gasteiger charge is 2.26. The van der Waals surface area contributed by atoms with Crippen molar-refractivity contribution in [3.05, 3.63) is 0 Å². The van der Waals surface area contributed by atoms with Crippen LogP contribution in [0.1, 0.15) is 26.2 Å². The third kappa shape index (κ3) is 5.43. The molecule has 1 rings (SSSR count). The Morgan fingerprint density at radius 1 is 1.30 bits per heavy atom. The quantitative estimate of drug-likeness (QED) is 0.523. The molecule has 2 amide bonds. The Labute approximate surface area is 116 Å². The Morgan fingerprint density at radius 3 is 2.50 bits per heavy atom. The predicted molar refractivity (Wildman–Crippen MR) is 68.3 cm³/mol. The molecule has 1 aliphatic rings. The summed E-state index contributed by atoms with van der Waals surface area (Å²) in [6.45, 7) is 3.06. The van der Waals surface area contributed by atoms with Gasteiger partial charge in [0, 0.05) is 25.0 Å². The van der Waals surface area contributed by atoms with E-state index in [2.05, 4.69) is 10.6 Å². The Balaban J connectivity index is 2.40. The minimum atomic E-state index is -1.25. The number of amides is 2. The average Bonchev–Trinajstić information content (AvgIpc) is 2.87. The fourth-order valence-corrected chi connectivity index (χ4v) is 2.00. The molecule has 0 saturated carbocycles. The standard InChI is InChI=1S/C12H20N2O6/c1-7(8-4-5-20-6-8)13-12(19)14-9(11(17)18)2-3-10(15)16/h7-9H,2-6H2,1H3,(H,15,16)(H,17,18)(H2,13,14,19)/t7?,8?,9-/m0/s1. The van der Waals surface area contributed by atoms with Crippen LogP contribution in [-0.4, -0.2) is 53.5 Å². The van der Waals surface area contributed by atoms with Gasteiger partial charge in [-0.2, -0.15) is 0 Å². The smallest absolute Gasteiger partial charge is 0.326 e. The third-order valence-electron chi connectivity index (χ3n) is 3.28. The lowest BCUT2D eigenvalue weighted by molar-refractivity contribution is -0.140. The van der Waals surface area contributed by atoms with Crippen molar-refractivity contribution in [2.45, 2.75) is 38.3 Å². The molecule has 0 spiro atoms. The lowest BCUT2D eigenvalue weighted by Gasteiger charge is -2.21. The van der Waals surface area contributed by atoms with Crippen molar-refractivity contribution >= 4 is 18.0 Å². The Kier molecular flexibility index (Phi) is 6.23. The van der Waals surface area contributed by atoms with Gasteiger partial charge in [0.15, 0.2) is 0 Å². The van der Waals surface area contributed by atoms with Gasteiger partial charge >= 0.3 is 18.0 Å². The van der Waals surface area contributed by atoms with Crippen LogP contribution in [0.2, 0.25) is 0 Å². The number of ether oxygens (including phenoxy) is 1. The summed E-state index contributed by atoms with van der Waals surface area (Å²) in [6, 6.07) is -1.95. The summed E-state index contributed by atoms with van der Waals surface area (Å²) in [5.41, 5.74) is 0. The summed E-state index contributed by atoms with van der Waals surface area (Å²) >= 11 is 0. The summed E-state index contributed by atoms with van der Waals surface area (Å²) in [5, 5.41) is 22.4. The van der Waals surface area contributed by atoms with Crippen molar-refractivity contribution in [3.8, 4) is 0 Å². The zero-order valence-electron chi connectivity index (χ0n) is 11.3. The number of carboxylic acids is 2. The molecule has 0 bridgehead atoms. The molecule has 1 heterocycles.